The van der Waals surface area contributed by atoms with E-state index in [0.29, 0.717) is 25.2 Å². The average Bonchev–Trinajstić information content (AvgIpc) is 3.27. The number of carbonyl (C=O) groups excluding carboxylic acids is 1. The Labute approximate surface area is 199 Å². The number of amides is 1. The molecule has 2 saturated heterocycles. The number of nitrogens with zero attached hydrogens (tertiary/aromatic N) is 3. The summed E-state index contributed by atoms with van der Waals surface area (Å²) in [5.74, 6) is 1.24. The lowest BCUT2D eigenvalue weighted by Gasteiger charge is -2.36. The van der Waals surface area contributed by atoms with Crippen molar-refractivity contribution in [1.82, 2.24) is 15.4 Å². The van der Waals surface area contributed by atoms with Crippen molar-refractivity contribution in [2.75, 3.05) is 50.8 Å². The fraction of sp³-hybridized carbons (Fsp3) is 0.680. The molecule has 1 aromatic heterocycles. The van der Waals surface area contributed by atoms with E-state index >= 15 is 0 Å². The molecule has 2 aromatic rings. The van der Waals surface area contributed by atoms with Crippen LogP contribution in [0.4, 0.5) is 10.2 Å². The van der Waals surface area contributed by atoms with Crippen LogP contribution in [0.1, 0.15) is 44.9 Å². The van der Waals surface area contributed by atoms with Crippen molar-refractivity contribution >= 4 is 22.7 Å². The Morgan fingerprint density at radius 1 is 1.09 bits per heavy atom. The first-order valence-corrected chi connectivity index (χ1v) is 12.7. The summed E-state index contributed by atoms with van der Waals surface area (Å²) in [5, 5.41) is 8.11. The van der Waals surface area contributed by atoms with Crippen LogP contribution in [-0.4, -0.2) is 74.2 Å². The highest BCUT2D eigenvalue weighted by molar-refractivity contribution is 5.88. The second-order valence-corrected chi connectivity index (χ2v) is 9.78. The molecule has 8 nitrogen and oxygen atoms in total. The number of hydrogen-bond donors (Lipinski definition) is 1. The number of hydrogen-bond acceptors (Lipinski definition) is 7. The topological polar surface area (TPSA) is 80.1 Å². The molecule has 0 radical (unpaired) electrons. The summed E-state index contributed by atoms with van der Waals surface area (Å²) >= 11 is 0. The minimum atomic E-state index is -0.380. The maximum atomic E-state index is 13.7. The first kappa shape index (κ1) is 23.5. The average molecular weight is 475 g/mol. The van der Waals surface area contributed by atoms with E-state index < -0.39 is 0 Å². The van der Waals surface area contributed by atoms with Crippen LogP contribution in [0.3, 0.4) is 0 Å². The van der Waals surface area contributed by atoms with Crippen molar-refractivity contribution in [3.63, 3.8) is 0 Å². The van der Waals surface area contributed by atoms with Gasteiger partial charge in [-0.3, -0.25) is 9.69 Å². The third-order valence-electron chi connectivity index (χ3n) is 7.40. The summed E-state index contributed by atoms with van der Waals surface area (Å²) in [6, 6.07) is 4.82. The molecule has 1 amide bonds. The minimum Gasteiger partial charge on any atom is -0.354 e. The SMILES string of the molecule is O=C(CC1OCCCO1)NC1CCC(CCN2CCN(c3noc4ccc(F)cc34)CC2)CC1. The maximum Gasteiger partial charge on any atom is 0.225 e. The van der Waals surface area contributed by atoms with Crippen molar-refractivity contribution in [2.24, 2.45) is 5.92 Å². The molecular weight excluding hydrogens is 439 g/mol. The van der Waals surface area contributed by atoms with Gasteiger partial charge in [-0.2, -0.15) is 0 Å². The largest absolute Gasteiger partial charge is 0.354 e. The quantitative estimate of drug-likeness (QED) is 0.660. The van der Waals surface area contributed by atoms with Gasteiger partial charge in [0.15, 0.2) is 17.7 Å². The summed E-state index contributed by atoms with van der Waals surface area (Å²) in [6.07, 6.45) is 6.44. The molecule has 34 heavy (non-hydrogen) atoms. The van der Waals surface area contributed by atoms with Gasteiger partial charge in [-0.15, -0.1) is 0 Å². The van der Waals surface area contributed by atoms with E-state index in [1.54, 1.807) is 6.07 Å². The second-order valence-electron chi connectivity index (χ2n) is 9.78. The van der Waals surface area contributed by atoms with Gasteiger partial charge in [-0.1, -0.05) is 5.16 Å². The molecule has 0 bridgehead atoms. The summed E-state index contributed by atoms with van der Waals surface area (Å²) in [7, 11) is 0. The smallest absolute Gasteiger partial charge is 0.225 e. The van der Waals surface area contributed by atoms with E-state index in [-0.39, 0.29) is 24.1 Å². The summed E-state index contributed by atoms with van der Waals surface area (Å²) in [6.45, 7) is 6.13. The minimum absolute atomic E-state index is 0.0378. The monoisotopic (exact) mass is 474 g/mol. The first-order valence-electron chi connectivity index (χ1n) is 12.7. The van der Waals surface area contributed by atoms with Crippen LogP contribution in [0.25, 0.3) is 11.0 Å². The Hall–Kier alpha value is -2.23. The molecule has 2 aliphatic heterocycles. The van der Waals surface area contributed by atoms with E-state index in [2.05, 4.69) is 20.3 Å². The summed E-state index contributed by atoms with van der Waals surface area (Å²) in [5.41, 5.74) is 0.626. The molecule has 3 heterocycles. The number of rotatable bonds is 7. The molecule has 0 unspecified atom stereocenters. The molecule has 9 heteroatoms. The van der Waals surface area contributed by atoms with Gasteiger partial charge >= 0.3 is 0 Å². The van der Waals surface area contributed by atoms with Crippen LogP contribution in [0.15, 0.2) is 22.7 Å². The van der Waals surface area contributed by atoms with Gasteiger partial charge in [0.2, 0.25) is 5.91 Å². The normalized spacial score (nSPS) is 25.0. The number of aromatic nitrogens is 1. The molecule has 1 aromatic carbocycles. The van der Waals surface area contributed by atoms with Crippen molar-refractivity contribution in [3.05, 3.63) is 24.0 Å². The fourth-order valence-corrected chi connectivity index (χ4v) is 5.36. The number of carbonyl (C=O) groups is 1. The van der Waals surface area contributed by atoms with Gasteiger partial charge in [0.05, 0.1) is 25.0 Å². The molecule has 3 aliphatic rings. The Balaban J connectivity index is 0.996. The van der Waals surface area contributed by atoms with Crippen molar-refractivity contribution in [3.8, 4) is 0 Å². The van der Waals surface area contributed by atoms with Gasteiger partial charge in [-0.05, 0) is 69.2 Å². The van der Waals surface area contributed by atoms with Crippen molar-refractivity contribution < 1.29 is 23.2 Å². The molecule has 0 atom stereocenters. The second kappa shape index (κ2) is 11.0. The van der Waals surface area contributed by atoms with Crippen LogP contribution in [0, 0.1) is 11.7 Å². The molecule has 186 valence electrons. The highest BCUT2D eigenvalue weighted by Gasteiger charge is 2.26. The molecule has 1 N–H and O–H groups in total. The van der Waals surface area contributed by atoms with Gasteiger partial charge in [0, 0.05) is 32.2 Å². The number of anilines is 1. The number of fused-ring (bicyclic) bond motifs is 1. The summed E-state index contributed by atoms with van der Waals surface area (Å²) in [4.78, 5) is 17.0. The molecule has 0 spiro atoms. The third kappa shape index (κ3) is 5.87. The zero-order valence-corrected chi connectivity index (χ0v) is 19.7. The Morgan fingerprint density at radius 3 is 2.62 bits per heavy atom. The van der Waals surface area contributed by atoms with Crippen LogP contribution >= 0.6 is 0 Å². The third-order valence-corrected chi connectivity index (χ3v) is 7.40. The van der Waals surface area contributed by atoms with Gasteiger partial charge < -0.3 is 24.2 Å². The van der Waals surface area contributed by atoms with Crippen LogP contribution in [0.2, 0.25) is 0 Å². The Bertz CT molecular complexity index is 948. The predicted octanol–water partition coefficient (Wildman–Crippen LogP) is 3.31. The first-order chi connectivity index (χ1) is 16.6. The number of nitrogens with one attached hydrogen (secondary N) is 1. The number of benzene rings is 1. The lowest BCUT2D eigenvalue weighted by Crippen LogP contribution is -2.47. The highest BCUT2D eigenvalue weighted by Crippen LogP contribution is 2.29. The number of ether oxygens (including phenoxy) is 2. The van der Waals surface area contributed by atoms with Crippen molar-refractivity contribution in [2.45, 2.75) is 57.3 Å². The van der Waals surface area contributed by atoms with E-state index in [1.807, 2.05) is 0 Å². The van der Waals surface area contributed by atoms with E-state index in [4.69, 9.17) is 14.0 Å². The van der Waals surface area contributed by atoms with E-state index in [0.717, 1.165) is 81.9 Å². The molecule has 3 fully saturated rings. The summed E-state index contributed by atoms with van der Waals surface area (Å²) < 4.78 is 30.0. The van der Waals surface area contributed by atoms with E-state index in [1.165, 1.54) is 18.6 Å². The van der Waals surface area contributed by atoms with Gasteiger partial charge in [0.1, 0.15) is 5.82 Å². The van der Waals surface area contributed by atoms with Crippen LogP contribution < -0.4 is 10.2 Å². The standard InChI is InChI=1S/C25H35FN4O4/c26-19-4-7-22-21(16-19)25(28-34-22)30-12-10-29(11-13-30)9-8-18-2-5-20(6-3-18)27-23(31)17-24-32-14-1-15-33-24/h4,7,16,18,20,24H,1-3,5-6,8-15,17H2,(H,27,31). The Kier molecular flexibility index (Phi) is 7.61. The highest BCUT2D eigenvalue weighted by atomic mass is 19.1. The van der Waals surface area contributed by atoms with Crippen LogP contribution in [-0.2, 0) is 14.3 Å². The lowest BCUT2D eigenvalue weighted by atomic mass is 9.84. The molecule has 1 aliphatic carbocycles. The maximum absolute atomic E-state index is 13.7. The zero-order chi connectivity index (χ0) is 23.3. The lowest BCUT2D eigenvalue weighted by molar-refractivity contribution is -0.184. The molecule has 5 rings (SSSR count). The number of piperazine rings is 1. The van der Waals surface area contributed by atoms with Gasteiger partial charge in [0.25, 0.3) is 0 Å². The van der Waals surface area contributed by atoms with E-state index in [9.17, 15) is 9.18 Å². The molecule has 1 saturated carbocycles. The zero-order valence-electron chi connectivity index (χ0n) is 19.7. The fourth-order valence-electron chi connectivity index (χ4n) is 5.36. The van der Waals surface area contributed by atoms with Crippen molar-refractivity contribution in [1.29, 1.82) is 0 Å². The predicted molar refractivity (Wildman–Crippen MR) is 126 cm³/mol. The molecular formula is C25H35FN4O4. The van der Waals surface area contributed by atoms with Crippen LogP contribution in [0.5, 0.6) is 0 Å². The Morgan fingerprint density at radius 2 is 1.85 bits per heavy atom. The number of halogens is 1. The van der Waals surface area contributed by atoms with Gasteiger partial charge in [-0.25, -0.2) is 4.39 Å².